The van der Waals surface area contributed by atoms with Gasteiger partial charge in [-0.1, -0.05) is 49.0 Å². The van der Waals surface area contributed by atoms with Crippen LogP contribution in [0.1, 0.15) is 35.6 Å². The molecule has 0 atom stereocenters. The van der Waals surface area contributed by atoms with Crippen molar-refractivity contribution in [3.63, 3.8) is 0 Å². The summed E-state index contributed by atoms with van der Waals surface area (Å²) < 4.78 is 5.79. The minimum absolute atomic E-state index is 0.455. The second kappa shape index (κ2) is 9.89. The molecular weight excluding hydrogens is 330 g/mol. The van der Waals surface area contributed by atoms with Gasteiger partial charge in [-0.05, 0) is 54.7 Å². The summed E-state index contributed by atoms with van der Waals surface area (Å²) in [5, 5.41) is 8.62. The van der Waals surface area contributed by atoms with Gasteiger partial charge in [0.25, 0.3) is 0 Å². The summed E-state index contributed by atoms with van der Waals surface area (Å²) in [7, 11) is 0. The normalized spacial score (nSPS) is 11.9. The number of hydrogen-bond acceptors (Lipinski definition) is 4. The Labute approximate surface area is 154 Å². The van der Waals surface area contributed by atoms with Gasteiger partial charge in [-0.2, -0.15) is 5.10 Å². The number of amidine groups is 1. The molecule has 0 aromatic heterocycles. The summed E-state index contributed by atoms with van der Waals surface area (Å²) in [6, 6.07) is 14.3. The first-order valence-electron chi connectivity index (χ1n) is 8.37. The predicted molar refractivity (Wildman–Crippen MR) is 109 cm³/mol. The fraction of sp³-hybridized carbons (Fsp3) is 0.300. The SMILES string of the molecule is CCCOc1c(C)cc(C=NN=C(N)SCc2ccccc2)cc1C. The maximum atomic E-state index is 5.90. The number of ether oxygens (including phenoxy) is 1. The molecule has 0 spiro atoms. The Morgan fingerprint density at radius 2 is 1.84 bits per heavy atom. The molecule has 0 aliphatic carbocycles. The maximum Gasteiger partial charge on any atom is 0.180 e. The Morgan fingerprint density at radius 1 is 1.16 bits per heavy atom. The van der Waals surface area contributed by atoms with Gasteiger partial charge in [-0.25, -0.2) is 0 Å². The van der Waals surface area contributed by atoms with Crippen LogP contribution in [0.5, 0.6) is 5.75 Å². The molecule has 0 fully saturated rings. The lowest BCUT2D eigenvalue weighted by Gasteiger charge is -2.12. The van der Waals surface area contributed by atoms with Crippen LogP contribution in [0.15, 0.2) is 52.7 Å². The highest BCUT2D eigenvalue weighted by molar-refractivity contribution is 8.13. The predicted octanol–water partition coefficient (Wildman–Crippen LogP) is 4.67. The zero-order valence-electron chi connectivity index (χ0n) is 15.0. The zero-order chi connectivity index (χ0) is 18.1. The summed E-state index contributed by atoms with van der Waals surface area (Å²) >= 11 is 1.48. The van der Waals surface area contributed by atoms with Gasteiger partial charge in [-0.3, -0.25) is 0 Å². The van der Waals surface area contributed by atoms with Crippen molar-refractivity contribution in [2.24, 2.45) is 15.9 Å². The Balaban J connectivity index is 1.96. The van der Waals surface area contributed by atoms with Crippen molar-refractivity contribution in [2.45, 2.75) is 32.9 Å². The number of nitrogens with zero attached hydrogens (tertiary/aromatic N) is 2. The average molecular weight is 356 g/mol. The molecule has 2 N–H and O–H groups in total. The number of thioether (sulfide) groups is 1. The second-order valence-electron chi connectivity index (χ2n) is 5.79. The standard InChI is InChI=1S/C20H25N3OS/c1-4-10-24-19-15(2)11-18(12-16(19)3)13-22-23-20(21)25-14-17-8-6-5-7-9-17/h5-9,11-13H,4,10,14H2,1-3H3,(H2,21,23). The van der Waals surface area contributed by atoms with Gasteiger partial charge in [0.05, 0.1) is 12.8 Å². The lowest BCUT2D eigenvalue weighted by atomic mass is 10.1. The second-order valence-corrected chi connectivity index (χ2v) is 6.78. The van der Waals surface area contributed by atoms with E-state index in [1.807, 2.05) is 44.2 Å². The highest BCUT2D eigenvalue weighted by Crippen LogP contribution is 2.24. The van der Waals surface area contributed by atoms with Gasteiger partial charge in [0.15, 0.2) is 5.17 Å². The highest BCUT2D eigenvalue weighted by atomic mass is 32.2. The van der Waals surface area contributed by atoms with Crippen LogP contribution in [0.25, 0.3) is 0 Å². The van der Waals surface area contributed by atoms with Crippen molar-refractivity contribution in [3.05, 3.63) is 64.7 Å². The van der Waals surface area contributed by atoms with Crippen LogP contribution in [0, 0.1) is 13.8 Å². The molecule has 0 aliphatic rings. The summed E-state index contributed by atoms with van der Waals surface area (Å²) in [4.78, 5) is 0. The van der Waals surface area contributed by atoms with Crippen molar-refractivity contribution >= 4 is 23.1 Å². The van der Waals surface area contributed by atoms with E-state index >= 15 is 0 Å². The van der Waals surface area contributed by atoms with E-state index in [4.69, 9.17) is 10.5 Å². The molecule has 0 radical (unpaired) electrons. The van der Waals surface area contributed by atoms with Gasteiger partial charge in [0.1, 0.15) is 5.75 Å². The number of benzene rings is 2. The van der Waals surface area contributed by atoms with Gasteiger partial charge < -0.3 is 10.5 Å². The van der Waals surface area contributed by atoms with Gasteiger partial charge in [-0.15, -0.1) is 5.10 Å². The molecule has 132 valence electrons. The molecule has 2 aromatic rings. The van der Waals surface area contributed by atoms with Crippen molar-refractivity contribution in [2.75, 3.05) is 6.61 Å². The third kappa shape index (κ3) is 6.27. The van der Waals surface area contributed by atoms with Gasteiger partial charge in [0, 0.05) is 5.75 Å². The molecule has 2 aromatic carbocycles. The molecule has 0 saturated heterocycles. The minimum Gasteiger partial charge on any atom is -0.493 e. The molecule has 5 heteroatoms. The van der Waals surface area contributed by atoms with Gasteiger partial charge in [0.2, 0.25) is 0 Å². The molecule has 2 rings (SSSR count). The fourth-order valence-electron chi connectivity index (χ4n) is 2.40. The number of rotatable bonds is 7. The van der Waals surface area contributed by atoms with Crippen molar-refractivity contribution in [1.82, 2.24) is 0 Å². The van der Waals surface area contributed by atoms with Crippen molar-refractivity contribution < 1.29 is 4.74 Å². The lowest BCUT2D eigenvalue weighted by molar-refractivity contribution is 0.313. The monoisotopic (exact) mass is 355 g/mol. The summed E-state index contributed by atoms with van der Waals surface area (Å²) in [6.07, 6.45) is 2.72. The Kier molecular flexibility index (Phi) is 7.54. The quantitative estimate of drug-likeness (QED) is 0.446. The van der Waals surface area contributed by atoms with Gasteiger partial charge >= 0.3 is 0 Å². The van der Waals surface area contributed by atoms with Crippen LogP contribution in [-0.2, 0) is 5.75 Å². The number of hydrogen-bond donors (Lipinski definition) is 1. The van der Waals surface area contributed by atoms with Crippen LogP contribution in [-0.4, -0.2) is 18.0 Å². The average Bonchev–Trinajstić information content (AvgIpc) is 2.60. The number of aryl methyl sites for hydroxylation is 2. The van der Waals surface area contributed by atoms with E-state index in [2.05, 4.69) is 29.3 Å². The summed E-state index contributed by atoms with van der Waals surface area (Å²) in [5.74, 6) is 1.74. The summed E-state index contributed by atoms with van der Waals surface area (Å²) in [6.45, 7) is 6.92. The molecule has 0 saturated carbocycles. The van der Waals surface area contributed by atoms with E-state index < -0.39 is 0 Å². The van der Waals surface area contributed by atoms with E-state index in [1.165, 1.54) is 17.3 Å². The minimum atomic E-state index is 0.455. The van der Waals surface area contributed by atoms with E-state index in [0.29, 0.717) is 5.17 Å². The first-order valence-corrected chi connectivity index (χ1v) is 9.36. The Morgan fingerprint density at radius 3 is 2.48 bits per heavy atom. The summed E-state index contributed by atoms with van der Waals surface area (Å²) in [5.41, 5.74) is 10.3. The van der Waals surface area contributed by atoms with Crippen LogP contribution < -0.4 is 10.5 Å². The van der Waals surface area contributed by atoms with Crippen molar-refractivity contribution in [1.29, 1.82) is 0 Å². The fourth-order valence-corrected chi connectivity index (χ4v) is 3.01. The third-order valence-corrected chi connectivity index (χ3v) is 4.38. The smallest absolute Gasteiger partial charge is 0.180 e. The van der Waals surface area contributed by atoms with Crippen LogP contribution in [0.4, 0.5) is 0 Å². The molecular formula is C20H25N3OS. The van der Waals surface area contributed by atoms with E-state index in [1.54, 1.807) is 6.21 Å². The Bertz CT molecular complexity index is 719. The first-order chi connectivity index (χ1) is 12.1. The first kappa shape index (κ1) is 19.1. The molecule has 4 nitrogen and oxygen atoms in total. The van der Waals surface area contributed by atoms with E-state index in [9.17, 15) is 0 Å². The van der Waals surface area contributed by atoms with Crippen LogP contribution in [0.2, 0.25) is 0 Å². The largest absolute Gasteiger partial charge is 0.493 e. The van der Waals surface area contributed by atoms with E-state index in [-0.39, 0.29) is 0 Å². The molecule has 0 bridgehead atoms. The molecule has 0 amide bonds. The molecule has 0 heterocycles. The van der Waals surface area contributed by atoms with Crippen molar-refractivity contribution in [3.8, 4) is 5.75 Å². The van der Waals surface area contributed by atoms with E-state index in [0.717, 1.165) is 41.2 Å². The van der Waals surface area contributed by atoms with Crippen LogP contribution in [0.3, 0.4) is 0 Å². The van der Waals surface area contributed by atoms with Crippen LogP contribution >= 0.6 is 11.8 Å². The molecule has 0 aliphatic heterocycles. The molecule has 25 heavy (non-hydrogen) atoms. The lowest BCUT2D eigenvalue weighted by Crippen LogP contribution is -2.06. The Hall–Kier alpha value is -2.27. The maximum absolute atomic E-state index is 5.90. The topological polar surface area (TPSA) is 60.0 Å². The molecule has 0 unspecified atom stereocenters. The zero-order valence-corrected chi connectivity index (χ0v) is 15.8. The number of nitrogens with two attached hydrogens (primary N) is 1. The third-order valence-electron chi connectivity index (χ3n) is 3.53. The highest BCUT2D eigenvalue weighted by Gasteiger charge is 2.05.